The fourth-order valence-corrected chi connectivity index (χ4v) is 3.14. The van der Waals surface area contributed by atoms with Crippen molar-refractivity contribution in [3.05, 3.63) is 0 Å². The molecule has 0 bridgehead atoms. The topological polar surface area (TPSA) is 44.7 Å². The van der Waals surface area contributed by atoms with Crippen LogP contribution in [0.4, 0.5) is 0 Å². The zero-order valence-electron chi connectivity index (χ0n) is 13.0. The zero-order valence-corrected chi connectivity index (χ0v) is 13.0. The molecule has 2 atom stereocenters. The predicted molar refractivity (Wildman–Crippen MR) is 79.4 cm³/mol. The number of hydrogen-bond donors (Lipinski definition) is 2. The molecule has 114 valence electrons. The van der Waals surface area contributed by atoms with Crippen molar-refractivity contribution in [2.24, 2.45) is 5.92 Å². The summed E-state index contributed by atoms with van der Waals surface area (Å²) >= 11 is 0. The first-order chi connectivity index (χ1) is 9.19. The van der Waals surface area contributed by atoms with Crippen LogP contribution < -0.4 is 5.32 Å². The highest BCUT2D eigenvalue weighted by atomic mass is 16.5. The summed E-state index contributed by atoms with van der Waals surface area (Å²) in [7, 11) is 1.79. The minimum absolute atomic E-state index is 0.0690. The Kier molecular flexibility index (Phi) is 7.91. The first-order valence-electron chi connectivity index (χ1n) is 7.77. The van der Waals surface area contributed by atoms with E-state index in [1.54, 1.807) is 7.11 Å². The largest absolute Gasteiger partial charge is 0.394 e. The quantitative estimate of drug-likeness (QED) is 0.632. The number of nitrogens with one attached hydrogen (secondary N) is 1. The van der Waals surface area contributed by atoms with Gasteiger partial charge in [0.25, 0.3) is 0 Å². The lowest BCUT2D eigenvalue weighted by Crippen LogP contribution is -2.48. The van der Waals surface area contributed by atoms with Gasteiger partial charge in [0.05, 0.1) is 13.2 Å². The number of ether oxygens (including phenoxy) is 1. The molecule has 2 unspecified atom stereocenters. The third kappa shape index (κ3) is 5.38. The van der Waals surface area contributed by atoms with Crippen LogP contribution in [0.25, 0.3) is 0 Å². The molecule has 0 amide bonds. The first-order valence-corrected chi connectivity index (χ1v) is 7.77. The van der Waals surface area contributed by atoms with Gasteiger partial charge in [0, 0.05) is 19.2 Å². The van der Waals surface area contributed by atoms with E-state index in [9.17, 15) is 5.11 Å². The Hall–Kier alpha value is -0.160. The van der Waals surface area contributed by atoms with E-state index in [4.69, 9.17) is 4.74 Å². The van der Waals surface area contributed by atoms with Gasteiger partial charge in [-0.05, 0) is 51.2 Å². The fraction of sp³-hybridized carbons (Fsp3) is 1.00. The van der Waals surface area contributed by atoms with Gasteiger partial charge in [0.15, 0.2) is 0 Å². The fourth-order valence-electron chi connectivity index (χ4n) is 3.14. The third-order valence-corrected chi connectivity index (χ3v) is 4.43. The molecule has 4 nitrogen and oxygen atoms in total. The Morgan fingerprint density at radius 2 is 2.21 bits per heavy atom. The van der Waals surface area contributed by atoms with E-state index in [2.05, 4.69) is 24.1 Å². The molecule has 1 fully saturated rings. The van der Waals surface area contributed by atoms with Crippen LogP contribution >= 0.6 is 0 Å². The van der Waals surface area contributed by atoms with Crippen molar-refractivity contribution in [2.75, 3.05) is 46.5 Å². The lowest BCUT2D eigenvalue weighted by molar-refractivity contribution is 0.138. The van der Waals surface area contributed by atoms with Crippen LogP contribution in [0.3, 0.4) is 0 Å². The molecular weight excluding hydrogens is 240 g/mol. The van der Waals surface area contributed by atoms with Gasteiger partial charge in [0.2, 0.25) is 0 Å². The molecule has 0 radical (unpaired) electrons. The number of likely N-dealkylation sites (N-methyl/N-ethyl adjacent to an activating group) is 1. The predicted octanol–water partition coefficient (Wildman–Crippen LogP) is 1.49. The van der Waals surface area contributed by atoms with Gasteiger partial charge in [0.1, 0.15) is 0 Å². The number of aliphatic hydroxyl groups excluding tert-OH is 1. The Balaban J connectivity index is 2.25. The Bertz CT molecular complexity index is 232. The molecule has 0 aromatic carbocycles. The van der Waals surface area contributed by atoms with E-state index in [1.165, 1.54) is 19.5 Å². The standard InChI is InChI=1S/C15H32N2O2/c1-4-15(13-18,16-5-2)8-6-9-17-10-7-14(11-17)12-19-3/h14,16,18H,4-13H2,1-3H3. The monoisotopic (exact) mass is 272 g/mol. The molecule has 19 heavy (non-hydrogen) atoms. The minimum Gasteiger partial charge on any atom is -0.394 e. The van der Waals surface area contributed by atoms with Crippen molar-refractivity contribution in [3.8, 4) is 0 Å². The van der Waals surface area contributed by atoms with Crippen LogP contribution in [0.15, 0.2) is 0 Å². The zero-order chi connectivity index (χ0) is 14.1. The molecule has 2 N–H and O–H groups in total. The van der Waals surface area contributed by atoms with Crippen LogP contribution in [-0.2, 0) is 4.74 Å². The summed E-state index contributed by atoms with van der Waals surface area (Å²) in [4.78, 5) is 2.54. The van der Waals surface area contributed by atoms with Gasteiger partial charge in [-0.1, -0.05) is 13.8 Å². The van der Waals surface area contributed by atoms with Gasteiger partial charge < -0.3 is 20.1 Å². The molecule has 1 saturated heterocycles. The summed E-state index contributed by atoms with van der Waals surface area (Å²) < 4.78 is 5.23. The number of methoxy groups -OCH3 is 1. The van der Waals surface area contributed by atoms with Crippen molar-refractivity contribution < 1.29 is 9.84 Å². The number of likely N-dealkylation sites (tertiary alicyclic amines) is 1. The SMILES string of the molecule is CCNC(CC)(CO)CCCN1CCC(COC)C1. The minimum atomic E-state index is -0.0690. The summed E-state index contributed by atoms with van der Waals surface area (Å²) in [5.41, 5.74) is -0.0690. The second-order valence-corrected chi connectivity index (χ2v) is 5.84. The van der Waals surface area contributed by atoms with Crippen LogP contribution in [0.1, 0.15) is 39.5 Å². The lowest BCUT2D eigenvalue weighted by Gasteiger charge is -2.32. The third-order valence-electron chi connectivity index (χ3n) is 4.43. The highest BCUT2D eigenvalue weighted by Crippen LogP contribution is 2.20. The van der Waals surface area contributed by atoms with Crippen molar-refractivity contribution in [1.82, 2.24) is 10.2 Å². The van der Waals surface area contributed by atoms with Crippen molar-refractivity contribution >= 4 is 0 Å². The highest BCUT2D eigenvalue weighted by Gasteiger charge is 2.27. The van der Waals surface area contributed by atoms with Crippen LogP contribution in [0.2, 0.25) is 0 Å². The van der Waals surface area contributed by atoms with Gasteiger partial charge >= 0.3 is 0 Å². The Morgan fingerprint density at radius 3 is 2.79 bits per heavy atom. The molecule has 1 rings (SSSR count). The second kappa shape index (κ2) is 8.90. The molecule has 0 aromatic rings. The van der Waals surface area contributed by atoms with E-state index in [1.807, 2.05) is 0 Å². The molecule has 0 saturated carbocycles. The van der Waals surface area contributed by atoms with Gasteiger partial charge in [-0.15, -0.1) is 0 Å². The van der Waals surface area contributed by atoms with E-state index >= 15 is 0 Å². The van der Waals surface area contributed by atoms with Crippen LogP contribution in [0, 0.1) is 5.92 Å². The number of hydrogen-bond acceptors (Lipinski definition) is 4. The van der Waals surface area contributed by atoms with E-state index in [0.29, 0.717) is 5.92 Å². The number of rotatable bonds is 10. The maximum absolute atomic E-state index is 9.62. The average Bonchev–Trinajstić information content (AvgIpc) is 2.86. The lowest BCUT2D eigenvalue weighted by atomic mass is 9.91. The van der Waals surface area contributed by atoms with Gasteiger partial charge in [-0.25, -0.2) is 0 Å². The molecular formula is C15H32N2O2. The normalized spacial score (nSPS) is 23.7. The van der Waals surface area contributed by atoms with E-state index in [-0.39, 0.29) is 12.1 Å². The molecule has 4 heteroatoms. The first kappa shape index (κ1) is 16.9. The maximum Gasteiger partial charge on any atom is 0.0613 e. The second-order valence-electron chi connectivity index (χ2n) is 5.84. The number of aliphatic hydroxyl groups is 1. The smallest absolute Gasteiger partial charge is 0.0613 e. The summed E-state index contributed by atoms with van der Waals surface area (Å²) in [5.74, 6) is 0.715. The summed E-state index contributed by atoms with van der Waals surface area (Å²) in [6.07, 6.45) is 4.46. The molecule has 1 aliphatic rings. The Morgan fingerprint density at radius 1 is 1.42 bits per heavy atom. The average molecular weight is 272 g/mol. The van der Waals surface area contributed by atoms with Crippen LogP contribution in [-0.4, -0.2) is 62.0 Å². The Labute approximate surface area is 118 Å². The molecule has 0 spiro atoms. The summed E-state index contributed by atoms with van der Waals surface area (Å²) in [6.45, 7) is 9.84. The van der Waals surface area contributed by atoms with Gasteiger partial charge in [-0.3, -0.25) is 0 Å². The van der Waals surface area contributed by atoms with Crippen molar-refractivity contribution in [1.29, 1.82) is 0 Å². The molecule has 0 aromatic heterocycles. The van der Waals surface area contributed by atoms with Crippen molar-refractivity contribution in [3.63, 3.8) is 0 Å². The number of nitrogens with zero attached hydrogens (tertiary/aromatic N) is 1. The summed E-state index contributed by atoms with van der Waals surface area (Å²) in [6, 6.07) is 0. The van der Waals surface area contributed by atoms with Crippen LogP contribution in [0.5, 0.6) is 0 Å². The van der Waals surface area contributed by atoms with E-state index < -0.39 is 0 Å². The highest BCUT2D eigenvalue weighted by molar-refractivity contribution is 4.86. The van der Waals surface area contributed by atoms with E-state index in [0.717, 1.165) is 39.0 Å². The summed E-state index contributed by atoms with van der Waals surface area (Å²) in [5, 5.41) is 13.1. The van der Waals surface area contributed by atoms with Crippen molar-refractivity contribution in [2.45, 2.75) is 45.1 Å². The molecule has 0 aliphatic carbocycles. The van der Waals surface area contributed by atoms with Gasteiger partial charge in [-0.2, -0.15) is 0 Å². The molecule has 1 aliphatic heterocycles. The maximum atomic E-state index is 9.62. The molecule has 1 heterocycles.